The topological polar surface area (TPSA) is 32.8 Å². The number of ether oxygens (including phenoxy) is 1. The van der Waals surface area contributed by atoms with Crippen molar-refractivity contribution in [3.05, 3.63) is 65.7 Å². The van der Waals surface area contributed by atoms with Gasteiger partial charge in [0.2, 0.25) is 5.91 Å². The Kier molecular flexibility index (Phi) is 4.56. The highest BCUT2D eigenvalue weighted by Gasteiger charge is 2.64. The summed E-state index contributed by atoms with van der Waals surface area (Å²) < 4.78 is 5.24. The summed E-state index contributed by atoms with van der Waals surface area (Å²) in [7, 11) is 1.67. The number of nitrogens with zero attached hydrogens (tertiary/aromatic N) is 2. The number of rotatable bonds is 3. The van der Waals surface area contributed by atoms with Crippen molar-refractivity contribution in [3.8, 4) is 17.6 Å². The van der Waals surface area contributed by atoms with Crippen LogP contribution in [0.1, 0.15) is 30.4 Å². The maximum absolute atomic E-state index is 13.5. The van der Waals surface area contributed by atoms with E-state index >= 15 is 0 Å². The van der Waals surface area contributed by atoms with Crippen LogP contribution in [0.15, 0.2) is 54.6 Å². The molecule has 0 bridgehead atoms. The first-order valence-corrected chi connectivity index (χ1v) is 10.5. The normalized spacial score (nSPS) is 28.0. The summed E-state index contributed by atoms with van der Waals surface area (Å²) in [5.74, 6) is 8.35. The van der Waals surface area contributed by atoms with Crippen LogP contribution in [0, 0.1) is 17.8 Å². The third-order valence-electron chi connectivity index (χ3n) is 6.82. The predicted octanol–water partition coefficient (Wildman–Crippen LogP) is 3.31. The zero-order valence-electron chi connectivity index (χ0n) is 16.8. The molecule has 3 heterocycles. The third kappa shape index (κ3) is 3.01. The molecule has 0 aromatic heterocycles. The molecule has 2 aromatic carbocycles. The summed E-state index contributed by atoms with van der Waals surface area (Å²) in [6, 6.07) is 18.4. The largest absolute Gasteiger partial charge is 0.497 e. The van der Waals surface area contributed by atoms with Crippen molar-refractivity contribution in [1.82, 2.24) is 9.80 Å². The van der Waals surface area contributed by atoms with Crippen LogP contribution in [0.2, 0.25) is 0 Å². The lowest BCUT2D eigenvalue weighted by atomic mass is 9.86. The molecule has 2 aromatic rings. The zero-order valence-corrected chi connectivity index (χ0v) is 16.8. The number of hydrogen-bond acceptors (Lipinski definition) is 3. The number of amides is 1. The van der Waals surface area contributed by atoms with E-state index in [0.29, 0.717) is 18.4 Å². The first-order valence-electron chi connectivity index (χ1n) is 10.5. The van der Waals surface area contributed by atoms with Crippen LogP contribution in [0.25, 0.3) is 0 Å². The molecule has 0 radical (unpaired) electrons. The van der Waals surface area contributed by atoms with Crippen molar-refractivity contribution in [2.75, 3.05) is 20.2 Å². The number of benzene rings is 2. The van der Waals surface area contributed by atoms with Gasteiger partial charge in [-0.15, -0.1) is 0 Å². The van der Waals surface area contributed by atoms with Crippen LogP contribution < -0.4 is 4.74 Å². The second kappa shape index (κ2) is 7.24. The fourth-order valence-corrected chi connectivity index (χ4v) is 5.49. The molecular formula is C25H26N2O2. The molecule has 29 heavy (non-hydrogen) atoms. The first kappa shape index (κ1) is 18.3. The van der Waals surface area contributed by atoms with Crippen LogP contribution in [-0.4, -0.2) is 47.5 Å². The van der Waals surface area contributed by atoms with E-state index in [-0.39, 0.29) is 11.6 Å². The second-order valence-electron chi connectivity index (χ2n) is 8.34. The molecule has 3 aliphatic heterocycles. The van der Waals surface area contributed by atoms with Gasteiger partial charge in [0.15, 0.2) is 0 Å². The van der Waals surface area contributed by atoms with E-state index in [1.54, 1.807) is 7.11 Å². The Morgan fingerprint density at radius 3 is 2.69 bits per heavy atom. The lowest BCUT2D eigenvalue weighted by molar-refractivity contribution is -0.137. The zero-order chi connectivity index (χ0) is 19.8. The number of likely N-dealkylation sites (tertiary alicyclic amines) is 1. The van der Waals surface area contributed by atoms with Gasteiger partial charge in [-0.05, 0) is 49.1 Å². The Labute approximate surface area is 172 Å². The second-order valence-corrected chi connectivity index (χ2v) is 8.34. The first-order chi connectivity index (χ1) is 14.2. The van der Waals surface area contributed by atoms with Crippen molar-refractivity contribution >= 4 is 5.91 Å². The van der Waals surface area contributed by atoms with Crippen molar-refractivity contribution in [1.29, 1.82) is 0 Å². The Morgan fingerprint density at radius 1 is 1.14 bits per heavy atom. The molecule has 3 saturated heterocycles. The SMILES string of the molecule is COc1ccc(CN2C[C@@H]3C[C@@H](C#Cc4ccccc4)N4CCC[C@@]34C2=O)cc1. The summed E-state index contributed by atoms with van der Waals surface area (Å²) in [6.07, 6.45) is 3.05. The maximum atomic E-state index is 13.5. The van der Waals surface area contributed by atoms with E-state index in [4.69, 9.17) is 4.74 Å². The molecular weight excluding hydrogens is 360 g/mol. The van der Waals surface area contributed by atoms with E-state index in [9.17, 15) is 4.79 Å². The van der Waals surface area contributed by atoms with Gasteiger partial charge in [0.1, 0.15) is 11.3 Å². The molecule has 4 heteroatoms. The fourth-order valence-electron chi connectivity index (χ4n) is 5.49. The molecule has 0 saturated carbocycles. The minimum atomic E-state index is -0.317. The van der Waals surface area contributed by atoms with Gasteiger partial charge in [0, 0.05) is 31.1 Å². The molecule has 3 fully saturated rings. The standard InChI is InChI=1S/C25H26N2O2/c1-29-23-12-9-20(10-13-23)17-26-18-21-16-22(11-8-19-6-3-2-4-7-19)27-15-5-14-25(21,27)24(26)28/h2-4,6-7,9-10,12-13,21-22H,5,14-18H2,1H3/t21-,22+,25-/m0/s1. The highest BCUT2D eigenvalue weighted by atomic mass is 16.5. The quantitative estimate of drug-likeness (QED) is 0.759. The summed E-state index contributed by atoms with van der Waals surface area (Å²) in [5, 5.41) is 0. The maximum Gasteiger partial charge on any atom is 0.243 e. The Hall–Kier alpha value is -2.77. The van der Waals surface area contributed by atoms with E-state index in [1.807, 2.05) is 42.5 Å². The van der Waals surface area contributed by atoms with Gasteiger partial charge in [-0.1, -0.05) is 42.2 Å². The van der Waals surface area contributed by atoms with Gasteiger partial charge >= 0.3 is 0 Å². The predicted molar refractivity (Wildman–Crippen MR) is 112 cm³/mol. The van der Waals surface area contributed by atoms with E-state index in [0.717, 1.165) is 49.2 Å². The molecule has 3 aliphatic rings. The molecule has 0 aliphatic carbocycles. The number of hydrogen-bond donors (Lipinski definition) is 0. The molecule has 3 atom stereocenters. The Balaban J connectivity index is 1.35. The molecule has 1 spiro atoms. The molecule has 0 unspecified atom stereocenters. The summed E-state index contributed by atoms with van der Waals surface area (Å²) in [5.41, 5.74) is 1.88. The van der Waals surface area contributed by atoms with Crippen LogP contribution >= 0.6 is 0 Å². The van der Waals surface area contributed by atoms with Crippen molar-refractivity contribution < 1.29 is 9.53 Å². The molecule has 148 valence electrons. The third-order valence-corrected chi connectivity index (χ3v) is 6.82. The van der Waals surface area contributed by atoms with E-state index in [1.165, 1.54) is 0 Å². The highest BCUT2D eigenvalue weighted by Crippen LogP contribution is 2.51. The van der Waals surface area contributed by atoms with E-state index < -0.39 is 0 Å². The number of carbonyl (C=O) groups excluding carboxylic acids is 1. The average molecular weight is 386 g/mol. The lowest BCUT2D eigenvalue weighted by Gasteiger charge is -2.31. The molecule has 0 N–H and O–H groups in total. The van der Waals surface area contributed by atoms with Crippen LogP contribution in [0.5, 0.6) is 5.75 Å². The van der Waals surface area contributed by atoms with Gasteiger partial charge in [-0.2, -0.15) is 0 Å². The van der Waals surface area contributed by atoms with E-state index in [2.05, 4.69) is 33.8 Å². The molecule has 4 nitrogen and oxygen atoms in total. The summed E-state index contributed by atoms with van der Waals surface area (Å²) in [6.45, 7) is 2.49. The Morgan fingerprint density at radius 2 is 1.93 bits per heavy atom. The minimum Gasteiger partial charge on any atom is -0.497 e. The monoisotopic (exact) mass is 386 g/mol. The van der Waals surface area contributed by atoms with Crippen LogP contribution in [0.4, 0.5) is 0 Å². The summed E-state index contributed by atoms with van der Waals surface area (Å²) >= 11 is 0. The lowest BCUT2D eigenvalue weighted by Crippen LogP contribution is -2.51. The smallest absolute Gasteiger partial charge is 0.243 e. The van der Waals surface area contributed by atoms with Gasteiger partial charge in [0.05, 0.1) is 13.2 Å². The minimum absolute atomic E-state index is 0.190. The van der Waals surface area contributed by atoms with Crippen LogP contribution in [-0.2, 0) is 11.3 Å². The van der Waals surface area contributed by atoms with Gasteiger partial charge in [-0.3, -0.25) is 9.69 Å². The number of carbonyl (C=O) groups is 1. The van der Waals surface area contributed by atoms with Crippen molar-refractivity contribution in [2.24, 2.45) is 5.92 Å². The Bertz CT molecular complexity index is 960. The van der Waals surface area contributed by atoms with Gasteiger partial charge in [0.25, 0.3) is 0 Å². The molecule has 1 amide bonds. The number of methoxy groups -OCH3 is 1. The van der Waals surface area contributed by atoms with Crippen molar-refractivity contribution in [2.45, 2.75) is 37.4 Å². The average Bonchev–Trinajstić information content (AvgIpc) is 3.39. The fraction of sp³-hybridized carbons (Fsp3) is 0.400. The van der Waals surface area contributed by atoms with Crippen molar-refractivity contribution in [3.63, 3.8) is 0 Å². The van der Waals surface area contributed by atoms with Crippen LogP contribution in [0.3, 0.4) is 0 Å². The summed E-state index contributed by atoms with van der Waals surface area (Å²) in [4.78, 5) is 18.0. The highest BCUT2D eigenvalue weighted by molar-refractivity contribution is 5.90. The molecule has 5 rings (SSSR count). The van der Waals surface area contributed by atoms with Gasteiger partial charge < -0.3 is 9.64 Å². The van der Waals surface area contributed by atoms with Gasteiger partial charge in [-0.25, -0.2) is 0 Å².